The van der Waals surface area contributed by atoms with E-state index in [1.165, 1.54) is 5.56 Å². The Labute approximate surface area is 98.6 Å². The van der Waals surface area contributed by atoms with Gasteiger partial charge in [-0.3, -0.25) is 9.88 Å². The van der Waals surface area contributed by atoms with Gasteiger partial charge in [0.1, 0.15) is 0 Å². The molecular formula is C11H15BrN2O. The van der Waals surface area contributed by atoms with E-state index in [9.17, 15) is 0 Å². The molecule has 0 aromatic carbocycles. The summed E-state index contributed by atoms with van der Waals surface area (Å²) in [6, 6.07) is 2.12. The van der Waals surface area contributed by atoms with Crippen molar-refractivity contribution in [2.75, 3.05) is 20.2 Å². The topological polar surface area (TPSA) is 25.4 Å². The van der Waals surface area contributed by atoms with Crippen molar-refractivity contribution in [1.82, 2.24) is 9.88 Å². The van der Waals surface area contributed by atoms with Crippen LogP contribution in [0, 0.1) is 0 Å². The second-order valence-corrected chi connectivity index (χ2v) is 4.81. The average molecular weight is 271 g/mol. The third-order valence-corrected chi connectivity index (χ3v) is 3.16. The van der Waals surface area contributed by atoms with Gasteiger partial charge in [-0.15, -0.1) is 0 Å². The van der Waals surface area contributed by atoms with E-state index in [2.05, 4.69) is 31.9 Å². The molecule has 1 aromatic heterocycles. The molecule has 1 aliphatic rings. The fourth-order valence-corrected chi connectivity index (χ4v) is 2.35. The van der Waals surface area contributed by atoms with Crippen LogP contribution in [0.5, 0.6) is 0 Å². The van der Waals surface area contributed by atoms with Gasteiger partial charge >= 0.3 is 0 Å². The van der Waals surface area contributed by atoms with E-state index in [0.29, 0.717) is 6.10 Å². The number of aromatic nitrogens is 1. The quantitative estimate of drug-likeness (QED) is 0.841. The Hall–Kier alpha value is -0.450. The molecule has 2 heterocycles. The zero-order chi connectivity index (χ0) is 10.7. The SMILES string of the molecule is COC1CCN(Cc2cncc(Br)c2)C1. The molecule has 2 rings (SSSR count). The number of pyridine rings is 1. The zero-order valence-corrected chi connectivity index (χ0v) is 10.4. The van der Waals surface area contributed by atoms with Crippen LogP contribution in [0.4, 0.5) is 0 Å². The maximum absolute atomic E-state index is 5.34. The summed E-state index contributed by atoms with van der Waals surface area (Å²) < 4.78 is 6.38. The molecule has 1 fully saturated rings. The first-order valence-electron chi connectivity index (χ1n) is 5.12. The monoisotopic (exact) mass is 270 g/mol. The van der Waals surface area contributed by atoms with Gasteiger partial charge in [0.2, 0.25) is 0 Å². The Morgan fingerprint density at radius 3 is 3.13 bits per heavy atom. The highest BCUT2D eigenvalue weighted by molar-refractivity contribution is 9.10. The lowest BCUT2D eigenvalue weighted by Gasteiger charge is -2.15. The predicted octanol–water partition coefficient (Wildman–Crippen LogP) is 2.06. The molecule has 1 atom stereocenters. The standard InChI is InChI=1S/C11H15BrN2O/c1-15-11-2-3-14(8-11)7-9-4-10(12)6-13-5-9/h4-6,11H,2-3,7-8H2,1H3. The summed E-state index contributed by atoms with van der Waals surface area (Å²) in [6.07, 6.45) is 5.28. The Morgan fingerprint density at radius 1 is 1.60 bits per heavy atom. The number of hydrogen-bond donors (Lipinski definition) is 0. The molecule has 1 saturated heterocycles. The van der Waals surface area contributed by atoms with Crippen molar-refractivity contribution in [3.63, 3.8) is 0 Å². The molecule has 0 radical (unpaired) electrons. The summed E-state index contributed by atoms with van der Waals surface area (Å²) in [5.74, 6) is 0. The lowest BCUT2D eigenvalue weighted by Crippen LogP contribution is -2.22. The minimum atomic E-state index is 0.408. The number of methoxy groups -OCH3 is 1. The third-order valence-electron chi connectivity index (χ3n) is 2.73. The third kappa shape index (κ3) is 3.00. The molecule has 0 saturated carbocycles. The maximum atomic E-state index is 5.34. The maximum Gasteiger partial charge on any atom is 0.0710 e. The van der Waals surface area contributed by atoms with Gasteiger partial charge in [-0.25, -0.2) is 0 Å². The minimum absolute atomic E-state index is 0.408. The van der Waals surface area contributed by atoms with Crippen LogP contribution in [0.1, 0.15) is 12.0 Å². The lowest BCUT2D eigenvalue weighted by molar-refractivity contribution is 0.107. The van der Waals surface area contributed by atoms with E-state index in [4.69, 9.17) is 4.74 Å². The van der Waals surface area contributed by atoms with E-state index < -0.39 is 0 Å². The van der Waals surface area contributed by atoms with Crippen LogP contribution in [-0.2, 0) is 11.3 Å². The van der Waals surface area contributed by atoms with Crippen LogP contribution < -0.4 is 0 Å². The van der Waals surface area contributed by atoms with Gasteiger partial charge < -0.3 is 4.74 Å². The summed E-state index contributed by atoms with van der Waals surface area (Å²) in [5, 5.41) is 0. The number of halogens is 1. The van der Waals surface area contributed by atoms with Gasteiger partial charge in [0.05, 0.1) is 6.10 Å². The number of rotatable bonds is 3. The second-order valence-electron chi connectivity index (χ2n) is 3.89. The van der Waals surface area contributed by atoms with Crippen LogP contribution in [-0.4, -0.2) is 36.2 Å². The number of likely N-dealkylation sites (tertiary alicyclic amines) is 1. The Morgan fingerprint density at radius 2 is 2.47 bits per heavy atom. The highest BCUT2D eigenvalue weighted by atomic mass is 79.9. The Bertz CT molecular complexity index is 332. The molecular weight excluding hydrogens is 256 g/mol. The first kappa shape index (κ1) is 11.0. The van der Waals surface area contributed by atoms with Gasteiger partial charge in [0.25, 0.3) is 0 Å². The van der Waals surface area contributed by atoms with Crippen LogP contribution in [0.25, 0.3) is 0 Å². The molecule has 0 amide bonds. The molecule has 0 bridgehead atoms. The molecule has 1 aromatic rings. The summed E-state index contributed by atoms with van der Waals surface area (Å²) in [5.41, 5.74) is 1.25. The van der Waals surface area contributed by atoms with Crippen molar-refractivity contribution in [2.24, 2.45) is 0 Å². The highest BCUT2D eigenvalue weighted by Crippen LogP contribution is 2.16. The molecule has 4 heteroatoms. The predicted molar refractivity (Wildman–Crippen MR) is 62.6 cm³/mol. The lowest BCUT2D eigenvalue weighted by atomic mass is 10.3. The van der Waals surface area contributed by atoms with E-state index in [1.807, 2.05) is 12.4 Å². The molecule has 1 aliphatic heterocycles. The second kappa shape index (κ2) is 5.05. The van der Waals surface area contributed by atoms with Crippen LogP contribution in [0.3, 0.4) is 0 Å². The number of nitrogens with zero attached hydrogens (tertiary/aromatic N) is 2. The normalized spacial score (nSPS) is 22.1. The van der Waals surface area contributed by atoms with Crippen molar-refractivity contribution in [3.8, 4) is 0 Å². The van der Waals surface area contributed by atoms with E-state index in [0.717, 1.165) is 30.5 Å². The minimum Gasteiger partial charge on any atom is -0.380 e. The summed E-state index contributed by atoms with van der Waals surface area (Å²) in [7, 11) is 1.79. The van der Waals surface area contributed by atoms with E-state index in [1.54, 1.807) is 7.11 Å². The van der Waals surface area contributed by atoms with Crippen molar-refractivity contribution in [2.45, 2.75) is 19.1 Å². The molecule has 0 spiro atoms. The first-order valence-corrected chi connectivity index (χ1v) is 5.92. The van der Waals surface area contributed by atoms with Gasteiger partial charge in [-0.05, 0) is 34.0 Å². The Balaban J connectivity index is 1.92. The van der Waals surface area contributed by atoms with Crippen LogP contribution in [0.15, 0.2) is 22.9 Å². The summed E-state index contributed by atoms with van der Waals surface area (Å²) in [4.78, 5) is 6.56. The Kier molecular flexibility index (Phi) is 3.72. The van der Waals surface area contributed by atoms with E-state index in [-0.39, 0.29) is 0 Å². The summed E-state index contributed by atoms with van der Waals surface area (Å²) >= 11 is 3.43. The van der Waals surface area contributed by atoms with Crippen molar-refractivity contribution >= 4 is 15.9 Å². The fourth-order valence-electron chi connectivity index (χ4n) is 1.93. The van der Waals surface area contributed by atoms with Crippen molar-refractivity contribution in [3.05, 3.63) is 28.5 Å². The molecule has 82 valence electrons. The van der Waals surface area contributed by atoms with Gasteiger partial charge in [-0.1, -0.05) is 0 Å². The smallest absolute Gasteiger partial charge is 0.0710 e. The highest BCUT2D eigenvalue weighted by Gasteiger charge is 2.21. The molecule has 0 N–H and O–H groups in total. The van der Waals surface area contributed by atoms with Gasteiger partial charge in [0, 0.05) is 43.6 Å². The largest absolute Gasteiger partial charge is 0.380 e. The zero-order valence-electron chi connectivity index (χ0n) is 8.82. The molecule has 1 unspecified atom stereocenters. The number of ether oxygens (including phenoxy) is 1. The van der Waals surface area contributed by atoms with Crippen molar-refractivity contribution < 1.29 is 4.74 Å². The fraction of sp³-hybridized carbons (Fsp3) is 0.545. The summed E-state index contributed by atoms with van der Waals surface area (Å²) in [6.45, 7) is 3.11. The molecule has 0 aliphatic carbocycles. The van der Waals surface area contributed by atoms with Crippen LogP contribution >= 0.6 is 15.9 Å². The molecule has 3 nitrogen and oxygen atoms in total. The van der Waals surface area contributed by atoms with Crippen molar-refractivity contribution in [1.29, 1.82) is 0 Å². The van der Waals surface area contributed by atoms with Gasteiger partial charge in [0.15, 0.2) is 0 Å². The van der Waals surface area contributed by atoms with Crippen LogP contribution in [0.2, 0.25) is 0 Å². The van der Waals surface area contributed by atoms with E-state index >= 15 is 0 Å². The average Bonchev–Trinajstić information content (AvgIpc) is 2.65. The molecule has 15 heavy (non-hydrogen) atoms. The number of hydrogen-bond acceptors (Lipinski definition) is 3. The van der Waals surface area contributed by atoms with Gasteiger partial charge in [-0.2, -0.15) is 0 Å². The first-order chi connectivity index (χ1) is 7.28.